The van der Waals surface area contributed by atoms with Gasteiger partial charge in [0.25, 0.3) is 0 Å². The number of aliphatic hydroxyl groups excluding tert-OH is 1. The van der Waals surface area contributed by atoms with Gasteiger partial charge in [0.1, 0.15) is 0 Å². The molecule has 0 rings (SSSR count). The first kappa shape index (κ1) is 14.4. The first-order chi connectivity index (χ1) is 7.38. The molecule has 90 valence electrons. The zero-order valence-electron chi connectivity index (χ0n) is 9.30. The molecule has 0 aromatic heterocycles. The van der Waals surface area contributed by atoms with Gasteiger partial charge in [0.2, 0.25) is 0 Å². The Bertz CT molecular complexity index is 327. The van der Waals surface area contributed by atoms with Crippen molar-refractivity contribution in [3.63, 3.8) is 0 Å². The van der Waals surface area contributed by atoms with Crippen LogP contribution in [0.4, 0.5) is 0 Å². The van der Waals surface area contributed by atoms with E-state index >= 15 is 0 Å². The largest absolute Gasteiger partial charge is 0.478 e. The first-order valence-corrected chi connectivity index (χ1v) is 4.91. The molecule has 5 nitrogen and oxygen atoms in total. The quantitative estimate of drug-likeness (QED) is 0.469. The number of hydrogen-bond donors (Lipinski definition) is 3. The molecule has 0 heterocycles. The van der Waals surface area contributed by atoms with Gasteiger partial charge in [-0.2, -0.15) is 0 Å². The van der Waals surface area contributed by atoms with Crippen LogP contribution < -0.4 is 0 Å². The van der Waals surface area contributed by atoms with E-state index in [1.807, 2.05) is 0 Å². The average Bonchev–Trinajstić information content (AvgIpc) is 2.22. The van der Waals surface area contributed by atoms with E-state index in [0.29, 0.717) is 6.42 Å². The van der Waals surface area contributed by atoms with Crippen LogP contribution in [0.15, 0.2) is 23.3 Å². The minimum atomic E-state index is -1.20. The van der Waals surface area contributed by atoms with Gasteiger partial charge >= 0.3 is 11.9 Å². The maximum absolute atomic E-state index is 10.8. The summed E-state index contributed by atoms with van der Waals surface area (Å²) in [6.07, 6.45) is 2.51. The zero-order valence-corrected chi connectivity index (χ0v) is 9.30. The third kappa shape index (κ3) is 5.31. The molecule has 0 bridgehead atoms. The third-order valence-electron chi connectivity index (χ3n) is 2.04. The molecule has 0 saturated carbocycles. The smallest absolute Gasteiger partial charge is 0.335 e. The summed E-state index contributed by atoms with van der Waals surface area (Å²) >= 11 is 0. The molecule has 0 amide bonds. The Labute approximate surface area is 93.7 Å². The van der Waals surface area contributed by atoms with Gasteiger partial charge in [-0.25, -0.2) is 9.59 Å². The van der Waals surface area contributed by atoms with Gasteiger partial charge in [-0.15, -0.1) is 0 Å². The Morgan fingerprint density at radius 1 is 1.25 bits per heavy atom. The summed E-state index contributed by atoms with van der Waals surface area (Å²) in [5, 5.41) is 26.7. The van der Waals surface area contributed by atoms with Gasteiger partial charge in [0, 0.05) is 5.57 Å². The van der Waals surface area contributed by atoms with Crippen molar-refractivity contribution in [1.82, 2.24) is 0 Å². The van der Waals surface area contributed by atoms with E-state index in [0.717, 1.165) is 6.08 Å². The van der Waals surface area contributed by atoms with Crippen molar-refractivity contribution in [2.45, 2.75) is 32.8 Å². The monoisotopic (exact) mass is 228 g/mol. The first-order valence-electron chi connectivity index (χ1n) is 4.91. The van der Waals surface area contributed by atoms with Crippen molar-refractivity contribution in [2.75, 3.05) is 0 Å². The Kier molecular flexibility index (Phi) is 6.10. The summed E-state index contributed by atoms with van der Waals surface area (Å²) in [7, 11) is 0. The fraction of sp³-hybridized carbons (Fsp3) is 0.455. The molecule has 0 aromatic carbocycles. The van der Waals surface area contributed by atoms with Crippen LogP contribution in [0.5, 0.6) is 0 Å². The molecule has 1 unspecified atom stereocenters. The van der Waals surface area contributed by atoms with Crippen LogP contribution >= 0.6 is 0 Å². The Morgan fingerprint density at radius 2 is 1.81 bits per heavy atom. The van der Waals surface area contributed by atoms with Crippen LogP contribution in [0, 0.1) is 0 Å². The summed E-state index contributed by atoms with van der Waals surface area (Å²) in [6.45, 7) is 3.09. The van der Waals surface area contributed by atoms with Crippen molar-refractivity contribution in [2.24, 2.45) is 0 Å². The number of aliphatic carboxylic acids is 2. The summed E-state index contributed by atoms with van der Waals surface area (Å²) in [4.78, 5) is 21.3. The highest BCUT2D eigenvalue weighted by Gasteiger charge is 2.08. The molecule has 0 fully saturated rings. The molecule has 0 aliphatic rings. The molecule has 0 radical (unpaired) electrons. The standard InChI is InChI=1S/C11H16O5/c1-3-9(12)5-4-8(11(15)16)6-7(2)10(13)14/h4,6,9,12H,3,5H2,1-2H3,(H,13,14)(H,15,16). The summed E-state index contributed by atoms with van der Waals surface area (Å²) < 4.78 is 0. The predicted molar refractivity (Wildman–Crippen MR) is 58.0 cm³/mol. The summed E-state index contributed by atoms with van der Waals surface area (Å²) in [5.74, 6) is -2.37. The zero-order chi connectivity index (χ0) is 12.7. The van der Waals surface area contributed by atoms with Crippen molar-refractivity contribution in [1.29, 1.82) is 0 Å². The molecule has 16 heavy (non-hydrogen) atoms. The van der Waals surface area contributed by atoms with E-state index in [4.69, 9.17) is 10.2 Å². The molecular formula is C11H16O5. The van der Waals surface area contributed by atoms with Crippen LogP contribution in [-0.2, 0) is 9.59 Å². The highest BCUT2D eigenvalue weighted by Crippen LogP contribution is 2.07. The third-order valence-corrected chi connectivity index (χ3v) is 2.04. The molecular weight excluding hydrogens is 212 g/mol. The Hall–Kier alpha value is -1.62. The van der Waals surface area contributed by atoms with E-state index in [9.17, 15) is 14.7 Å². The number of carbonyl (C=O) groups is 2. The van der Waals surface area contributed by atoms with E-state index in [1.165, 1.54) is 13.0 Å². The van der Waals surface area contributed by atoms with E-state index in [2.05, 4.69) is 0 Å². The predicted octanol–water partition coefficient (Wildman–Crippen LogP) is 1.19. The lowest BCUT2D eigenvalue weighted by molar-refractivity contribution is -0.132. The van der Waals surface area contributed by atoms with Crippen molar-refractivity contribution in [3.05, 3.63) is 23.3 Å². The fourth-order valence-corrected chi connectivity index (χ4v) is 0.933. The van der Waals surface area contributed by atoms with Gasteiger partial charge in [0.15, 0.2) is 0 Å². The molecule has 0 spiro atoms. The summed E-state index contributed by atoms with van der Waals surface area (Å²) in [6, 6.07) is 0. The Morgan fingerprint density at radius 3 is 2.19 bits per heavy atom. The number of carboxylic acid groups (broad SMARTS) is 2. The molecule has 0 saturated heterocycles. The Balaban J connectivity index is 4.82. The SMILES string of the molecule is CCC(O)CC=C(C=C(C)C(=O)O)C(=O)O. The molecule has 1 atom stereocenters. The van der Waals surface area contributed by atoms with Crippen LogP contribution in [0.3, 0.4) is 0 Å². The molecule has 0 aromatic rings. The molecule has 0 aliphatic heterocycles. The van der Waals surface area contributed by atoms with Crippen molar-refractivity contribution < 1.29 is 24.9 Å². The second-order valence-corrected chi connectivity index (χ2v) is 3.39. The summed E-state index contributed by atoms with van der Waals surface area (Å²) in [5.41, 5.74) is -0.174. The lowest BCUT2D eigenvalue weighted by Crippen LogP contribution is -2.06. The lowest BCUT2D eigenvalue weighted by atomic mass is 10.1. The van der Waals surface area contributed by atoms with E-state index in [1.54, 1.807) is 6.92 Å². The minimum absolute atomic E-state index is 0.0559. The second-order valence-electron chi connectivity index (χ2n) is 3.39. The van der Waals surface area contributed by atoms with Gasteiger partial charge in [0.05, 0.1) is 11.7 Å². The maximum atomic E-state index is 10.8. The number of carboxylic acids is 2. The minimum Gasteiger partial charge on any atom is -0.478 e. The maximum Gasteiger partial charge on any atom is 0.335 e. The highest BCUT2D eigenvalue weighted by molar-refractivity contribution is 5.94. The van der Waals surface area contributed by atoms with E-state index < -0.39 is 18.0 Å². The fourth-order valence-electron chi connectivity index (χ4n) is 0.933. The van der Waals surface area contributed by atoms with Gasteiger partial charge in [-0.3, -0.25) is 0 Å². The average molecular weight is 228 g/mol. The van der Waals surface area contributed by atoms with Gasteiger partial charge in [-0.1, -0.05) is 13.0 Å². The molecule has 3 N–H and O–H groups in total. The van der Waals surface area contributed by atoms with Gasteiger partial charge in [-0.05, 0) is 25.8 Å². The van der Waals surface area contributed by atoms with Crippen LogP contribution in [0.2, 0.25) is 0 Å². The van der Waals surface area contributed by atoms with E-state index in [-0.39, 0.29) is 17.6 Å². The second kappa shape index (κ2) is 6.79. The lowest BCUT2D eigenvalue weighted by Gasteiger charge is -2.03. The van der Waals surface area contributed by atoms with Crippen LogP contribution in [0.25, 0.3) is 0 Å². The van der Waals surface area contributed by atoms with Crippen LogP contribution in [-0.4, -0.2) is 33.4 Å². The number of hydrogen-bond acceptors (Lipinski definition) is 3. The van der Waals surface area contributed by atoms with Gasteiger partial charge < -0.3 is 15.3 Å². The highest BCUT2D eigenvalue weighted by atomic mass is 16.4. The molecule has 5 heteroatoms. The molecule has 0 aliphatic carbocycles. The van der Waals surface area contributed by atoms with Crippen LogP contribution in [0.1, 0.15) is 26.7 Å². The number of aliphatic hydroxyl groups is 1. The van der Waals surface area contributed by atoms with Crippen molar-refractivity contribution in [3.8, 4) is 0 Å². The number of rotatable bonds is 6. The van der Waals surface area contributed by atoms with Crippen molar-refractivity contribution >= 4 is 11.9 Å². The topological polar surface area (TPSA) is 94.8 Å². The normalized spacial score (nSPS) is 14.7.